The number of nitrogens with one attached hydrogen (secondary N) is 1. The van der Waals surface area contributed by atoms with Gasteiger partial charge in [0.1, 0.15) is 6.54 Å². The van der Waals surface area contributed by atoms with Crippen LogP contribution in [0.4, 0.5) is 5.69 Å². The van der Waals surface area contributed by atoms with E-state index in [1.807, 2.05) is 36.0 Å². The van der Waals surface area contributed by atoms with Gasteiger partial charge in [-0.25, -0.2) is 0 Å². The van der Waals surface area contributed by atoms with Crippen LogP contribution in [0.5, 0.6) is 0 Å². The minimum absolute atomic E-state index is 0.0862. The largest absolute Gasteiger partial charge is 0.329 e. The Labute approximate surface area is 116 Å². The van der Waals surface area contributed by atoms with Crippen LogP contribution in [-0.2, 0) is 16.1 Å². The summed E-state index contributed by atoms with van der Waals surface area (Å²) in [5.41, 5.74) is 1.83. The average Bonchev–Trinajstić information content (AvgIpc) is 2.87. The number of hydrogen-bond acceptors (Lipinski definition) is 3. The Balaban J connectivity index is 1.83. The number of para-hydroxylation sites is 1. The van der Waals surface area contributed by atoms with Gasteiger partial charge in [0, 0.05) is 23.9 Å². The second-order valence-electron chi connectivity index (χ2n) is 4.96. The van der Waals surface area contributed by atoms with Gasteiger partial charge in [0.05, 0.1) is 0 Å². The van der Waals surface area contributed by atoms with Gasteiger partial charge in [0.25, 0.3) is 0 Å². The van der Waals surface area contributed by atoms with Gasteiger partial charge in [-0.05, 0) is 23.8 Å². The molecule has 1 atom stereocenters. The molecule has 0 radical (unpaired) electrons. The fourth-order valence-electron chi connectivity index (χ4n) is 2.55. The van der Waals surface area contributed by atoms with Crippen molar-refractivity contribution in [2.24, 2.45) is 5.92 Å². The highest BCUT2D eigenvalue weighted by Crippen LogP contribution is 2.27. The summed E-state index contributed by atoms with van der Waals surface area (Å²) >= 11 is 1.82. The van der Waals surface area contributed by atoms with Gasteiger partial charge in [0.2, 0.25) is 11.8 Å². The highest BCUT2D eigenvalue weighted by Gasteiger charge is 2.30. The summed E-state index contributed by atoms with van der Waals surface area (Å²) in [6.07, 6.45) is 0.934. The summed E-state index contributed by atoms with van der Waals surface area (Å²) in [6, 6.07) is 7.67. The molecule has 2 aliphatic rings. The first-order valence-electron chi connectivity index (χ1n) is 6.48. The molecular formula is C14H16N2O2S. The molecular weight excluding hydrogens is 260 g/mol. The van der Waals surface area contributed by atoms with Crippen LogP contribution in [0.25, 0.3) is 0 Å². The molecule has 3 rings (SSSR count). The maximum absolute atomic E-state index is 12.4. The Morgan fingerprint density at radius 3 is 2.95 bits per heavy atom. The van der Waals surface area contributed by atoms with Crippen LogP contribution in [-0.4, -0.2) is 34.8 Å². The van der Waals surface area contributed by atoms with Crippen LogP contribution in [0.3, 0.4) is 0 Å². The van der Waals surface area contributed by atoms with Crippen molar-refractivity contribution in [3.8, 4) is 0 Å². The molecule has 0 aromatic heterocycles. The number of rotatable bonds is 1. The van der Waals surface area contributed by atoms with Crippen molar-refractivity contribution in [2.45, 2.75) is 13.0 Å². The van der Waals surface area contributed by atoms with Gasteiger partial charge in [-0.15, -0.1) is 0 Å². The standard InChI is InChI=1S/C14H16N2O2S/c17-13-8-16(14(18)11-5-6-19-9-11)7-10-3-1-2-4-12(10)15-13/h1-4,11H,5-9H2,(H,15,17). The van der Waals surface area contributed by atoms with E-state index < -0.39 is 0 Å². The summed E-state index contributed by atoms with van der Waals surface area (Å²) in [5.74, 6) is 2.04. The van der Waals surface area contributed by atoms with Crippen LogP contribution in [0, 0.1) is 5.92 Å². The summed E-state index contributed by atoms with van der Waals surface area (Å²) in [5, 5.41) is 2.86. The molecule has 4 nitrogen and oxygen atoms in total. The first kappa shape index (κ1) is 12.5. The van der Waals surface area contributed by atoms with Gasteiger partial charge in [-0.3, -0.25) is 9.59 Å². The van der Waals surface area contributed by atoms with Crippen molar-refractivity contribution >= 4 is 29.3 Å². The van der Waals surface area contributed by atoms with Crippen molar-refractivity contribution in [1.29, 1.82) is 0 Å². The Bertz CT molecular complexity index is 512. The number of fused-ring (bicyclic) bond motifs is 1. The Morgan fingerprint density at radius 2 is 2.16 bits per heavy atom. The second-order valence-corrected chi connectivity index (χ2v) is 6.11. The van der Waals surface area contributed by atoms with E-state index in [2.05, 4.69) is 5.32 Å². The Kier molecular flexibility index (Phi) is 3.46. The van der Waals surface area contributed by atoms with Crippen molar-refractivity contribution in [1.82, 2.24) is 4.90 Å². The minimum Gasteiger partial charge on any atom is -0.329 e. The smallest absolute Gasteiger partial charge is 0.244 e. The topological polar surface area (TPSA) is 49.4 Å². The van der Waals surface area contributed by atoms with E-state index in [-0.39, 0.29) is 24.3 Å². The molecule has 1 unspecified atom stereocenters. The molecule has 0 saturated carbocycles. The average molecular weight is 276 g/mol. The SMILES string of the molecule is O=C1CN(C(=O)C2CCSC2)Cc2ccccc2N1. The first-order chi connectivity index (χ1) is 9.24. The van der Waals surface area contributed by atoms with Crippen LogP contribution in [0.1, 0.15) is 12.0 Å². The molecule has 5 heteroatoms. The molecule has 0 spiro atoms. The van der Waals surface area contributed by atoms with Gasteiger partial charge in [0.15, 0.2) is 0 Å². The highest BCUT2D eigenvalue weighted by molar-refractivity contribution is 7.99. The van der Waals surface area contributed by atoms with Crippen LogP contribution >= 0.6 is 11.8 Å². The van der Waals surface area contributed by atoms with Gasteiger partial charge < -0.3 is 10.2 Å². The van der Waals surface area contributed by atoms with E-state index in [4.69, 9.17) is 0 Å². The van der Waals surface area contributed by atoms with Gasteiger partial charge >= 0.3 is 0 Å². The Hall–Kier alpha value is -1.49. The third kappa shape index (κ3) is 2.61. The molecule has 2 heterocycles. The lowest BCUT2D eigenvalue weighted by Gasteiger charge is -2.22. The van der Waals surface area contributed by atoms with Crippen LogP contribution in [0.15, 0.2) is 24.3 Å². The fourth-order valence-corrected chi connectivity index (χ4v) is 3.76. The van der Waals surface area contributed by atoms with E-state index in [1.54, 1.807) is 4.90 Å². The highest BCUT2D eigenvalue weighted by atomic mass is 32.2. The lowest BCUT2D eigenvalue weighted by Crippen LogP contribution is -2.39. The predicted octanol–water partition coefficient (Wildman–Crippen LogP) is 1.72. The van der Waals surface area contributed by atoms with Gasteiger partial charge in [-0.2, -0.15) is 11.8 Å². The lowest BCUT2D eigenvalue weighted by molar-refractivity contribution is -0.138. The van der Waals surface area contributed by atoms with E-state index in [1.165, 1.54) is 0 Å². The van der Waals surface area contributed by atoms with E-state index in [0.29, 0.717) is 6.54 Å². The molecule has 0 bridgehead atoms. The molecule has 0 aliphatic carbocycles. The molecule has 2 aliphatic heterocycles. The second kappa shape index (κ2) is 5.25. The lowest BCUT2D eigenvalue weighted by atomic mass is 10.1. The molecule has 1 aromatic rings. The molecule has 1 aromatic carbocycles. The van der Waals surface area contributed by atoms with Crippen molar-refractivity contribution in [3.63, 3.8) is 0 Å². The minimum atomic E-state index is -0.107. The molecule has 1 fully saturated rings. The Morgan fingerprint density at radius 1 is 1.32 bits per heavy atom. The van der Waals surface area contributed by atoms with Crippen LogP contribution < -0.4 is 5.32 Å². The first-order valence-corrected chi connectivity index (χ1v) is 7.64. The summed E-state index contributed by atoms with van der Waals surface area (Å²) in [7, 11) is 0. The van der Waals surface area contributed by atoms with Crippen molar-refractivity contribution in [2.75, 3.05) is 23.4 Å². The van der Waals surface area contributed by atoms with Crippen molar-refractivity contribution in [3.05, 3.63) is 29.8 Å². The molecule has 19 heavy (non-hydrogen) atoms. The zero-order valence-corrected chi connectivity index (χ0v) is 11.4. The fraction of sp³-hybridized carbons (Fsp3) is 0.429. The number of carbonyl (C=O) groups is 2. The molecule has 1 N–H and O–H groups in total. The number of thioether (sulfide) groups is 1. The number of hydrogen-bond donors (Lipinski definition) is 1. The zero-order chi connectivity index (χ0) is 13.2. The van der Waals surface area contributed by atoms with E-state index >= 15 is 0 Å². The molecule has 100 valence electrons. The number of benzene rings is 1. The predicted molar refractivity (Wildman–Crippen MR) is 75.9 cm³/mol. The quantitative estimate of drug-likeness (QED) is 0.849. The summed E-state index contributed by atoms with van der Waals surface area (Å²) in [4.78, 5) is 26.0. The third-order valence-corrected chi connectivity index (χ3v) is 4.74. The van der Waals surface area contributed by atoms with E-state index in [9.17, 15) is 9.59 Å². The third-order valence-electron chi connectivity index (χ3n) is 3.58. The molecule has 1 saturated heterocycles. The number of nitrogens with zero attached hydrogens (tertiary/aromatic N) is 1. The number of carbonyl (C=O) groups excluding carboxylic acids is 2. The van der Waals surface area contributed by atoms with E-state index in [0.717, 1.165) is 29.2 Å². The normalized spacial score (nSPS) is 22.6. The number of amides is 2. The van der Waals surface area contributed by atoms with Gasteiger partial charge in [-0.1, -0.05) is 18.2 Å². The monoisotopic (exact) mass is 276 g/mol. The van der Waals surface area contributed by atoms with Crippen LogP contribution in [0.2, 0.25) is 0 Å². The van der Waals surface area contributed by atoms with Crippen molar-refractivity contribution < 1.29 is 9.59 Å². The molecule has 2 amide bonds. The maximum atomic E-state index is 12.4. The summed E-state index contributed by atoms with van der Waals surface area (Å²) < 4.78 is 0. The maximum Gasteiger partial charge on any atom is 0.244 e. The number of anilines is 1. The summed E-state index contributed by atoms with van der Waals surface area (Å²) in [6.45, 7) is 0.684. The zero-order valence-electron chi connectivity index (χ0n) is 10.6.